The highest BCUT2D eigenvalue weighted by Crippen LogP contribution is 2.37. The zero-order valence-corrected chi connectivity index (χ0v) is 13.3. The Kier molecular flexibility index (Phi) is 3.73. The lowest BCUT2D eigenvalue weighted by Gasteiger charge is -2.38. The van der Waals surface area contributed by atoms with Crippen LogP contribution in [0.2, 0.25) is 0 Å². The molecule has 0 radical (unpaired) electrons. The molecule has 2 heterocycles. The first-order valence-electron chi connectivity index (χ1n) is 8.42. The molecule has 2 aromatic carbocycles. The van der Waals surface area contributed by atoms with Crippen molar-refractivity contribution in [2.24, 2.45) is 0 Å². The molecule has 0 saturated carbocycles. The number of likely N-dealkylation sites (N-methyl/N-ethyl adjacent to an activating group) is 1. The molecule has 0 fully saturated rings. The largest absolute Gasteiger partial charge is 0.310 e. The van der Waals surface area contributed by atoms with Gasteiger partial charge in [-0.05, 0) is 55.1 Å². The van der Waals surface area contributed by atoms with Crippen molar-refractivity contribution in [3.8, 4) is 0 Å². The summed E-state index contributed by atoms with van der Waals surface area (Å²) in [5.74, 6) is 0. The van der Waals surface area contributed by atoms with Crippen LogP contribution in [0.4, 0.5) is 0 Å². The molecule has 2 aliphatic heterocycles. The summed E-state index contributed by atoms with van der Waals surface area (Å²) in [4.78, 5) is 2.53. The zero-order chi connectivity index (χ0) is 14.9. The van der Waals surface area contributed by atoms with Gasteiger partial charge < -0.3 is 5.32 Å². The summed E-state index contributed by atoms with van der Waals surface area (Å²) < 4.78 is 0. The maximum atomic E-state index is 3.75. The van der Waals surface area contributed by atoms with Gasteiger partial charge in [-0.3, -0.25) is 4.90 Å². The van der Waals surface area contributed by atoms with Crippen LogP contribution in [0.1, 0.15) is 40.8 Å². The molecule has 0 bridgehead atoms. The average Bonchev–Trinajstić information content (AvgIpc) is 2.58. The Balaban J connectivity index is 1.64. The fourth-order valence-electron chi connectivity index (χ4n) is 4.11. The van der Waals surface area contributed by atoms with E-state index in [1.165, 1.54) is 28.7 Å². The smallest absolute Gasteiger partial charge is 0.0366 e. The van der Waals surface area contributed by atoms with Crippen LogP contribution in [0.5, 0.6) is 0 Å². The maximum Gasteiger partial charge on any atom is 0.0366 e. The molecule has 4 rings (SSSR count). The van der Waals surface area contributed by atoms with Gasteiger partial charge in [-0.2, -0.15) is 0 Å². The lowest BCUT2D eigenvalue weighted by molar-refractivity contribution is 0.200. The van der Waals surface area contributed by atoms with Crippen molar-refractivity contribution in [2.75, 3.05) is 20.1 Å². The van der Waals surface area contributed by atoms with Crippen LogP contribution in [0.25, 0.3) is 0 Å². The second kappa shape index (κ2) is 5.86. The number of benzene rings is 2. The Morgan fingerprint density at radius 2 is 1.64 bits per heavy atom. The molecule has 0 aliphatic carbocycles. The summed E-state index contributed by atoms with van der Waals surface area (Å²) in [6.45, 7) is 2.26. The summed E-state index contributed by atoms with van der Waals surface area (Å²) >= 11 is 0. The third kappa shape index (κ3) is 2.47. The highest BCUT2D eigenvalue weighted by atomic mass is 15.1. The number of nitrogens with one attached hydrogen (secondary N) is 1. The van der Waals surface area contributed by atoms with Crippen LogP contribution >= 0.6 is 0 Å². The normalized spacial score (nSPS) is 24.6. The number of rotatable bonds is 2. The fourth-order valence-corrected chi connectivity index (χ4v) is 4.11. The Morgan fingerprint density at radius 3 is 2.45 bits per heavy atom. The summed E-state index contributed by atoms with van der Waals surface area (Å²) in [5.41, 5.74) is 6.10. The molecule has 1 N–H and O–H groups in total. The lowest BCUT2D eigenvalue weighted by atomic mass is 9.85. The number of fused-ring (bicyclic) bond motifs is 2. The molecule has 0 unspecified atom stereocenters. The zero-order valence-electron chi connectivity index (χ0n) is 13.3. The first-order chi connectivity index (χ1) is 10.8. The Hall–Kier alpha value is -1.64. The van der Waals surface area contributed by atoms with Gasteiger partial charge in [0.05, 0.1) is 0 Å². The quantitative estimate of drug-likeness (QED) is 0.911. The topological polar surface area (TPSA) is 15.3 Å². The van der Waals surface area contributed by atoms with Crippen LogP contribution in [-0.2, 0) is 12.8 Å². The van der Waals surface area contributed by atoms with E-state index in [9.17, 15) is 0 Å². The monoisotopic (exact) mass is 292 g/mol. The predicted molar refractivity (Wildman–Crippen MR) is 91.0 cm³/mol. The van der Waals surface area contributed by atoms with Gasteiger partial charge in [0.2, 0.25) is 0 Å². The lowest BCUT2D eigenvalue weighted by Crippen LogP contribution is -2.37. The number of nitrogens with zero attached hydrogens (tertiary/aromatic N) is 1. The van der Waals surface area contributed by atoms with Crippen molar-refractivity contribution in [2.45, 2.75) is 31.3 Å². The molecule has 2 atom stereocenters. The van der Waals surface area contributed by atoms with Crippen molar-refractivity contribution in [1.29, 1.82) is 0 Å². The first kappa shape index (κ1) is 14.0. The van der Waals surface area contributed by atoms with Crippen LogP contribution < -0.4 is 5.32 Å². The minimum atomic E-state index is 0.476. The number of hydrogen-bond acceptors (Lipinski definition) is 2. The highest BCUT2D eigenvalue weighted by molar-refractivity contribution is 5.35. The molecule has 0 amide bonds. The van der Waals surface area contributed by atoms with Gasteiger partial charge in [-0.25, -0.2) is 0 Å². The molecule has 114 valence electrons. The van der Waals surface area contributed by atoms with Crippen molar-refractivity contribution < 1.29 is 0 Å². The maximum absolute atomic E-state index is 3.75. The summed E-state index contributed by atoms with van der Waals surface area (Å²) in [6, 6.07) is 18.9. The molecular weight excluding hydrogens is 268 g/mol. The second-order valence-electron chi connectivity index (χ2n) is 6.64. The van der Waals surface area contributed by atoms with E-state index in [4.69, 9.17) is 0 Å². The van der Waals surface area contributed by atoms with E-state index in [0.29, 0.717) is 12.1 Å². The molecule has 22 heavy (non-hydrogen) atoms. The summed E-state index contributed by atoms with van der Waals surface area (Å²) in [6.07, 6.45) is 3.49. The van der Waals surface area contributed by atoms with Crippen LogP contribution in [0.3, 0.4) is 0 Å². The second-order valence-corrected chi connectivity index (χ2v) is 6.64. The Morgan fingerprint density at radius 1 is 0.955 bits per heavy atom. The van der Waals surface area contributed by atoms with Crippen LogP contribution in [-0.4, -0.2) is 25.0 Å². The Labute approximate surface area is 133 Å². The van der Waals surface area contributed by atoms with Gasteiger partial charge >= 0.3 is 0 Å². The molecular formula is C20H24N2. The molecule has 2 heteroatoms. The van der Waals surface area contributed by atoms with Crippen molar-refractivity contribution >= 4 is 0 Å². The molecule has 0 spiro atoms. The third-order valence-electron chi connectivity index (χ3n) is 5.35. The molecule has 2 aromatic rings. The average molecular weight is 292 g/mol. The molecule has 0 aromatic heterocycles. The van der Waals surface area contributed by atoms with Gasteiger partial charge in [0.25, 0.3) is 0 Å². The van der Waals surface area contributed by atoms with Crippen molar-refractivity contribution in [3.63, 3.8) is 0 Å². The fraction of sp³-hybridized carbons (Fsp3) is 0.400. The minimum absolute atomic E-state index is 0.476. The predicted octanol–water partition coefficient (Wildman–Crippen LogP) is 3.49. The minimum Gasteiger partial charge on any atom is -0.310 e. The van der Waals surface area contributed by atoms with Crippen LogP contribution in [0.15, 0.2) is 48.5 Å². The SMILES string of the molecule is CN1CCc2ccccc2[C@H]1C[C@H]1NCCc2ccccc21. The van der Waals surface area contributed by atoms with E-state index >= 15 is 0 Å². The van der Waals surface area contributed by atoms with Gasteiger partial charge in [-0.15, -0.1) is 0 Å². The van der Waals surface area contributed by atoms with Gasteiger partial charge in [0.15, 0.2) is 0 Å². The summed E-state index contributed by atoms with van der Waals surface area (Å²) in [5, 5.41) is 3.75. The van der Waals surface area contributed by atoms with E-state index in [2.05, 4.69) is 65.8 Å². The van der Waals surface area contributed by atoms with Crippen molar-refractivity contribution in [3.05, 3.63) is 70.8 Å². The molecule has 2 aliphatic rings. The Bertz CT molecular complexity index is 664. The molecule has 2 nitrogen and oxygen atoms in total. The standard InChI is InChI=1S/C20H24N2/c1-22-13-11-16-7-3-5-9-18(16)20(22)14-19-17-8-4-2-6-15(17)10-12-21-19/h2-9,19-21H,10-14H2,1H3/t19-,20-/m1/s1. The van der Waals surface area contributed by atoms with E-state index in [1.54, 1.807) is 0 Å². The third-order valence-corrected chi connectivity index (χ3v) is 5.35. The molecule has 0 saturated heterocycles. The van der Waals surface area contributed by atoms with E-state index in [1.807, 2.05) is 0 Å². The van der Waals surface area contributed by atoms with Gasteiger partial charge in [0.1, 0.15) is 0 Å². The van der Waals surface area contributed by atoms with Crippen molar-refractivity contribution in [1.82, 2.24) is 10.2 Å². The highest BCUT2D eigenvalue weighted by Gasteiger charge is 2.29. The van der Waals surface area contributed by atoms with E-state index in [0.717, 1.165) is 25.9 Å². The summed E-state index contributed by atoms with van der Waals surface area (Å²) in [7, 11) is 2.27. The first-order valence-corrected chi connectivity index (χ1v) is 8.42. The van der Waals surface area contributed by atoms with E-state index < -0.39 is 0 Å². The van der Waals surface area contributed by atoms with Gasteiger partial charge in [-0.1, -0.05) is 48.5 Å². The van der Waals surface area contributed by atoms with Gasteiger partial charge in [0, 0.05) is 18.6 Å². The van der Waals surface area contributed by atoms with Crippen LogP contribution in [0, 0.1) is 0 Å². The number of hydrogen-bond donors (Lipinski definition) is 1. The van der Waals surface area contributed by atoms with E-state index in [-0.39, 0.29) is 0 Å².